The lowest BCUT2D eigenvalue weighted by Gasteiger charge is -2.11. The molecule has 32 heavy (non-hydrogen) atoms. The van der Waals surface area contributed by atoms with Crippen LogP contribution in [0.4, 0.5) is 24.5 Å². The van der Waals surface area contributed by atoms with Crippen molar-refractivity contribution in [3.05, 3.63) is 83.4 Å². The summed E-state index contributed by atoms with van der Waals surface area (Å²) in [6.45, 7) is 1.73. The number of amides is 2. The van der Waals surface area contributed by atoms with Crippen molar-refractivity contribution < 1.29 is 22.8 Å². The van der Waals surface area contributed by atoms with Gasteiger partial charge < -0.3 is 15.6 Å². The summed E-state index contributed by atoms with van der Waals surface area (Å²) in [6.07, 6.45) is -0.391. The lowest BCUT2D eigenvalue weighted by Crippen LogP contribution is -2.17. The molecule has 0 bridgehead atoms. The van der Waals surface area contributed by atoms with Gasteiger partial charge in [-0.1, -0.05) is 6.07 Å². The first-order valence-corrected chi connectivity index (χ1v) is 9.40. The van der Waals surface area contributed by atoms with E-state index in [0.29, 0.717) is 16.9 Å². The second kappa shape index (κ2) is 8.14. The molecule has 1 aromatic carbocycles. The summed E-state index contributed by atoms with van der Waals surface area (Å²) in [5, 5.41) is 6.06. The van der Waals surface area contributed by atoms with Crippen molar-refractivity contribution in [1.29, 1.82) is 0 Å². The van der Waals surface area contributed by atoms with E-state index in [1.54, 1.807) is 25.3 Å². The average Bonchev–Trinajstić information content (AvgIpc) is 3.21. The van der Waals surface area contributed by atoms with E-state index in [9.17, 15) is 22.8 Å². The van der Waals surface area contributed by atoms with Gasteiger partial charge in [-0.3, -0.25) is 9.59 Å². The molecule has 0 spiro atoms. The Bertz CT molecular complexity index is 1310. The third kappa shape index (κ3) is 4.43. The maximum absolute atomic E-state index is 12.8. The van der Waals surface area contributed by atoms with Crippen LogP contribution in [-0.2, 0) is 6.18 Å². The van der Waals surface area contributed by atoms with E-state index < -0.39 is 23.7 Å². The SMILES string of the molecule is Cc1ccc(C(=O)Nc2ccc(C(F)(F)F)nc2)cc1C(=O)Nc1cnc2[nH]ccc2c1. The maximum atomic E-state index is 12.8. The molecule has 0 unspecified atom stereocenters. The van der Waals surface area contributed by atoms with Gasteiger partial charge in [-0.15, -0.1) is 0 Å². The smallest absolute Gasteiger partial charge is 0.346 e. The zero-order valence-electron chi connectivity index (χ0n) is 16.6. The van der Waals surface area contributed by atoms with Crippen molar-refractivity contribution in [2.45, 2.75) is 13.1 Å². The van der Waals surface area contributed by atoms with Crippen LogP contribution >= 0.6 is 0 Å². The van der Waals surface area contributed by atoms with Crippen molar-refractivity contribution in [1.82, 2.24) is 15.0 Å². The number of fused-ring (bicyclic) bond motifs is 1. The van der Waals surface area contributed by atoms with Gasteiger partial charge in [-0.25, -0.2) is 9.97 Å². The molecular formula is C22H16F3N5O2. The minimum Gasteiger partial charge on any atom is -0.346 e. The van der Waals surface area contributed by atoms with Crippen LogP contribution in [0.1, 0.15) is 32.0 Å². The zero-order valence-corrected chi connectivity index (χ0v) is 16.6. The summed E-state index contributed by atoms with van der Waals surface area (Å²) < 4.78 is 37.9. The van der Waals surface area contributed by atoms with E-state index in [4.69, 9.17) is 0 Å². The van der Waals surface area contributed by atoms with Crippen molar-refractivity contribution in [2.24, 2.45) is 0 Å². The topological polar surface area (TPSA) is 99.8 Å². The third-order valence-corrected chi connectivity index (χ3v) is 4.71. The number of nitrogens with zero attached hydrogens (tertiary/aromatic N) is 2. The van der Waals surface area contributed by atoms with Crippen LogP contribution in [0.2, 0.25) is 0 Å². The summed E-state index contributed by atoms with van der Waals surface area (Å²) in [7, 11) is 0. The molecule has 7 nitrogen and oxygen atoms in total. The highest BCUT2D eigenvalue weighted by Crippen LogP contribution is 2.28. The minimum absolute atomic E-state index is 0.0976. The number of hydrogen-bond donors (Lipinski definition) is 3. The monoisotopic (exact) mass is 439 g/mol. The van der Waals surface area contributed by atoms with Gasteiger partial charge in [-0.05, 0) is 48.9 Å². The van der Waals surface area contributed by atoms with Gasteiger partial charge in [-0.2, -0.15) is 13.2 Å². The molecule has 10 heteroatoms. The molecule has 0 aliphatic heterocycles. The van der Waals surface area contributed by atoms with Crippen LogP contribution in [0.25, 0.3) is 11.0 Å². The van der Waals surface area contributed by atoms with Crippen LogP contribution in [0.5, 0.6) is 0 Å². The fourth-order valence-electron chi connectivity index (χ4n) is 3.05. The first-order chi connectivity index (χ1) is 15.2. The highest BCUT2D eigenvalue weighted by Gasteiger charge is 2.32. The molecule has 2 amide bonds. The molecule has 0 atom stereocenters. The summed E-state index contributed by atoms with van der Waals surface area (Å²) in [4.78, 5) is 35.8. The summed E-state index contributed by atoms with van der Waals surface area (Å²) in [6, 6.07) is 10.0. The molecule has 4 aromatic rings. The second-order valence-electron chi connectivity index (χ2n) is 7.01. The summed E-state index contributed by atoms with van der Waals surface area (Å²) in [5.74, 6) is -1.01. The first kappa shape index (κ1) is 21.0. The number of rotatable bonds is 4. The number of anilines is 2. The second-order valence-corrected chi connectivity index (χ2v) is 7.01. The van der Waals surface area contributed by atoms with Crippen LogP contribution in [-0.4, -0.2) is 26.8 Å². The molecule has 0 aliphatic carbocycles. The Kier molecular flexibility index (Phi) is 5.35. The molecule has 162 valence electrons. The number of pyridine rings is 2. The Labute approximate surface area is 179 Å². The molecule has 0 fully saturated rings. The number of nitrogens with one attached hydrogen (secondary N) is 3. The fraction of sp³-hybridized carbons (Fsp3) is 0.0909. The summed E-state index contributed by atoms with van der Waals surface area (Å²) in [5.41, 5.74) is 1.31. The predicted molar refractivity (Wildman–Crippen MR) is 112 cm³/mol. The zero-order chi connectivity index (χ0) is 22.9. The van der Waals surface area contributed by atoms with Gasteiger partial charge >= 0.3 is 6.18 Å². The number of alkyl halides is 3. The largest absolute Gasteiger partial charge is 0.433 e. The first-order valence-electron chi connectivity index (χ1n) is 9.40. The predicted octanol–water partition coefficient (Wildman–Crippen LogP) is 4.79. The van der Waals surface area contributed by atoms with E-state index in [2.05, 4.69) is 25.6 Å². The summed E-state index contributed by atoms with van der Waals surface area (Å²) >= 11 is 0. The Morgan fingerprint density at radius 3 is 2.38 bits per heavy atom. The number of benzene rings is 1. The molecule has 4 rings (SSSR count). The molecule has 0 saturated heterocycles. The maximum Gasteiger partial charge on any atom is 0.433 e. The van der Waals surface area contributed by atoms with Crippen LogP contribution < -0.4 is 10.6 Å². The average molecular weight is 439 g/mol. The Hall–Kier alpha value is -4.21. The van der Waals surface area contributed by atoms with Crippen molar-refractivity contribution in [2.75, 3.05) is 10.6 Å². The van der Waals surface area contributed by atoms with Gasteiger partial charge in [0.2, 0.25) is 0 Å². The van der Waals surface area contributed by atoms with E-state index in [0.717, 1.165) is 23.7 Å². The van der Waals surface area contributed by atoms with Gasteiger partial charge in [0.1, 0.15) is 11.3 Å². The van der Waals surface area contributed by atoms with Crippen LogP contribution in [0, 0.1) is 6.92 Å². The Morgan fingerprint density at radius 2 is 1.66 bits per heavy atom. The fourth-order valence-corrected chi connectivity index (χ4v) is 3.05. The molecule has 0 saturated carbocycles. The molecule has 3 N–H and O–H groups in total. The van der Waals surface area contributed by atoms with E-state index in [1.165, 1.54) is 18.3 Å². The van der Waals surface area contributed by atoms with Crippen molar-refractivity contribution in [3.63, 3.8) is 0 Å². The lowest BCUT2D eigenvalue weighted by atomic mass is 10.0. The van der Waals surface area contributed by atoms with Crippen LogP contribution in [0.3, 0.4) is 0 Å². The van der Waals surface area contributed by atoms with Crippen LogP contribution in [0.15, 0.2) is 61.1 Å². The number of carbonyl (C=O) groups excluding carboxylic acids is 2. The Balaban J connectivity index is 1.51. The molecule has 0 aliphatic rings. The van der Waals surface area contributed by atoms with E-state index >= 15 is 0 Å². The van der Waals surface area contributed by atoms with Gasteiger partial charge in [0.05, 0.1) is 23.8 Å². The third-order valence-electron chi connectivity index (χ3n) is 4.71. The minimum atomic E-state index is -4.57. The molecule has 3 aromatic heterocycles. The molecule has 0 radical (unpaired) electrons. The van der Waals surface area contributed by atoms with Gasteiger partial charge in [0, 0.05) is 22.7 Å². The molecular weight excluding hydrogens is 423 g/mol. The van der Waals surface area contributed by atoms with Crippen molar-refractivity contribution in [3.8, 4) is 0 Å². The highest BCUT2D eigenvalue weighted by atomic mass is 19.4. The quantitative estimate of drug-likeness (QED) is 0.426. The number of hydrogen-bond acceptors (Lipinski definition) is 4. The highest BCUT2D eigenvalue weighted by molar-refractivity contribution is 6.09. The normalized spacial score (nSPS) is 11.4. The Morgan fingerprint density at radius 1 is 0.906 bits per heavy atom. The standard InChI is InChI=1S/C22H16F3N5O2/c1-12-2-3-14(20(31)29-15-4-5-18(27-10-15)22(23,24)25)9-17(12)21(32)30-16-8-13-6-7-26-19(13)28-11-16/h2-11H,1H3,(H,26,28)(H,29,31)(H,30,32). The van der Waals surface area contributed by atoms with Crippen molar-refractivity contribution >= 4 is 34.2 Å². The number of halogens is 3. The number of aryl methyl sites for hydroxylation is 1. The van der Waals surface area contributed by atoms with E-state index in [1.807, 2.05) is 6.07 Å². The number of aromatic amines is 1. The lowest BCUT2D eigenvalue weighted by molar-refractivity contribution is -0.141. The van der Waals surface area contributed by atoms with E-state index in [-0.39, 0.29) is 16.8 Å². The van der Waals surface area contributed by atoms with Gasteiger partial charge in [0.15, 0.2) is 0 Å². The molecule has 3 heterocycles. The van der Waals surface area contributed by atoms with Gasteiger partial charge in [0.25, 0.3) is 11.8 Å². The number of carbonyl (C=O) groups is 2. The number of H-pyrrole nitrogens is 1. The number of aromatic nitrogens is 3.